The summed E-state index contributed by atoms with van der Waals surface area (Å²) in [7, 11) is 0. The van der Waals surface area contributed by atoms with Gasteiger partial charge in [0, 0.05) is 17.8 Å². The van der Waals surface area contributed by atoms with Crippen molar-refractivity contribution < 1.29 is 32.6 Å². The number of ether oxygens (including phenoxy) is 3. The number of esters is 1. The van der Waals surface area contributed by atoms with Gasteiger partial charge < -0.3 is 19.5 Å². The predicted molar refractivity (Wildman–Crippen MR) is 76.2 cm³/mol. The molecule has 0 aromatic heterocycles. The monoisotopic (exact) mass is 325 g/mol. The number of carbonyl (C=O) groups is 2. The summed E-state index contributed by atoms with van der Waals surface area (Å²) in [5.41, 5.74) is 0.204. The molecule has 0 saturated heterocycles. The number of nitrogens with one attached hydrogen (secondary N) is 1. The van der Waals surface area contributed by atoms with E-state index in [4.69, 9.17) is 4.74 Å². The summed E-state index contributed by atoms with van der Waals surface area (Å²) in [6.07, 6.45) is 2.26. The van der Waals surface area contributed by atoms with Crippen molar-refractivity contribution in [2.75, 3.05) is 11.9 Å². The molecule has 6 nitrogen and oxygen atoms in total. The van der Waals surface area contributed by atoms with Crippen LogP contribution in [0.4, 0.5) is 14.5 Å². The zero-order valence-corrected chi connectivity index (χ0v) is 12.0. The van der Waals surface area contributed by atoms with E-state index in [9.17, 15) is 18.4 Å². The quantitative estimate of drug-likeness (QED) is 0.512. The molecule has 0 aliphatic carbocycles. The standard InChI is InChI=1S/C15H13F2NO5/c1-2-3-4-5-14(20)21-9-13(19)18-10-6-7-11-12(8-10)23-15(16,17)22-11/h2-8H,9H2,1H3,(H,18,19). The van der Waals surface area contributed by atoms with Crippen molar-refractivity contribution in [2.45, 2.75) is 13.2 Å². The third kappa shape index (κ3) is 4.80. The first-order valence-electron chi connectivity index (χ1n) is 6.55. The fraction of sp³-hybridized carbons (Fsp3) is 0.200. The van der Waals surface area contributed by atoms with Gasteiger partial charge >= 0.3 is 12.3 Å². The molecule has 0 atom stereocenters. The SMILES string of the molecule is CC=CC=CC(=O)OCC(=O)Nc1ccc2c(c1)OC(F)(F)O2. The molecule has 1 N–H and O–H groups in total. The van der Waals surface area contributed by atoms with Crippen molar-refractivity contribution >= 4 is 17.6 Å². The van der Waals surface area contributed by atoms with Crippen LogP contribution in [-0.4, -0.2) is 24.8 Å². The number of alkyl halides is 2. The summed E-state index contributed by atoms with van der Waals surface area (Å²) in [5, 5.41) is 2.39. The minimum atomic E-state index is -3.72. The smallest absolute Gasteiger partial charge is 0.452 e. The van der Waals surface area contributed by atoms with Crippen LogP contribution in [0.25, 0.3) is 0 Å². The van der Waals surface area contributed by atoms with E-state index in [1.165, 1.54) is 24.3 Å². The lowest BCUT2D eigenvalue weighted by molar-refractivity contribution is -0.286. The maximum atomic E-state index is 12.9. The summed E-state index contributed by atoms with van der Waals surface area (Å²) in [6.45, 7) is 1.27. The lowest BCUT2D eigenvalue weighted by Gasteiger charge is -2.06. The zero-order valence-electron chi connectivity index (χ0n) is 12.0. The molecule has 23 heavy (non-hydrogen) atoms. The highest BCUT2D eigenvalue weighted by molar-refractivity contribution is 5.94. The van der Waals surface area contributed by atoms with Crippen molar-refractivity contribution in [1.82, 2.24) is 0 Å². The number of carbonyl (C=O) groups excluding carboxylic acids is 2. The second-order valence-corrected chi connectivity index (χ2v) is 4.37. The minimum Gasteiger partial charge on any atom is -0.452 e. The summed E-state index contributed by atoms with van der Waals surface area (Å²) in [5.74, 6) is -1.63. The van der Waals surface area contributed by atoms with Gasteiger partial charge in [-0.05, 0) is 19.1 Å². The number of hydrogen-bond donors (Lipinski definition) is 1. The molecule has 1 heterocycles. The fourth-order valence-electron chi connectivity index (χ4n) is 1.65. The van der Waals surface area contributed by atoms with Gasteiger partial charge in [-0.15, -0.1) is 8.78 Å². The number of hydrogen-bond acceptors (Lipinski definition) is 5. The van der Waals surface area contributed by atoms with Crippen LogP contribution in [-0.2, 0) is 14.3 Å². The van der Waals surface area contributed by atoms with Crippen molar-refractivity contribution in [3.8, 4) is 11.5 Å². The Morgan fingerprint density at radius 3 is 2.74 bits per heavy atom. The normalized spacial score (nSPS) is 15.1. The Hall–Kier alpha value is -2.90. The molecular weight excluding hydrogens is 312 g/mol. The first-order chi connectivity index (χ1) is 10.9. The summed E-state index contributed by atoms with van der Waals surface area (Å²) in [6, 6.07) is 3.77. The number of anilines is 1. The van der Waals surface area contributed by atoms with Gasteiger partial charge in [0.05, 0.1) is 0 Å². The minimum absolute atomic E-state index is 0.131. The van der Waals surface area contributed by atoms with Crippen molar-refractivity contribution in [3.63, 3.8) is 0 Å². The fourth-order valence-corrected chi connectivity index (χ4v) is 1.65. The van der Waals surface area contributed by atoms with Crippen LogP contribution < -0.4 is 14.8 Å². The Labute approximate surface area is 130 Å². The highest BCUT2D eigenvalue weighted by Crippen LogP contribution is 2.42. The van der Waals surface area contributed by atoms with Crippen LogP contribution in [0.2, 0.25) is 0 Å². The van der Waals surface area contributed by atoms with Gasteiger partial charge in [-0.25, -0.2) is 4.79 Å². The van der Waals surface area contributed by atoms with E-state index >= 15 is 0 Å². The van der Waals surface area contributed by atoms with Crippen LogP contribution in [0, 0.1) is 0 Å². The molecular formula is C15H13F2NO5. The highest BCUT2D eigenvalue weighted by Gasteiger charge is 2.43. The maximum absolute atomic E-state index is 12.9. The number of allylic oxidation sites excluding steroid dienone is 3. The molecule has 1 aliphatic heterocycles. The van der Waals surface area contributed by atoms with Gasteiger partial charge in [-0.2, -0.15) is 0 Å². The summed E-state index contributed by atoms with van der Waals surface area (Å²) >= 11 is 0. The molecule has 1 aromatic carbocycles. The zero-order chi connectivity index (χ0) is 16.9. The lowest BCUT2D eigenvalue weighted by atomic mass is 10.3. The van der Waals surface area contributed by atoms with Gasteiger partial charge in [0.25, 0.3) is 5.91 Å². The molecule has 2 rings (SSSR count). The lowest BCUT2D eigenvalue weighted by Crippen LogP contribution is -2.25. The molecule has 1 aliphatic rings. The first-order valence-corrected chi connectivity index (χ1v) is 6.55. The van der Waals surface area contributed by atoms with Crippen molar-refractivity contribution in [2.24, 2.45) is 0 Å². The molecule has 0 unspecified atom stereocenters. The molecule has 0 bridgehead atoms. The van der Waals surface area contributed by atoms with E-state index in [0.717, 1.165) is 6.08 Å². The van der Waals surface area contributed by atoms with Gasteiger partial charge in [0.1, 0.15) is 0 Å². The Balaban J connectivity index is 1.86. The van der Waals surface area contributed by atoms with Crippen molar-refractivity contribution in [3.05, 3.63) is 42.5 Å². The molecule has 8 heteroatoms. The molecule has 1 aromatic rings. The number of benzene rings is 1. The third-order valence-corrected chi connectivity index (χ3v) is 2.57. The van der Waals surface area contributed by atoms with Gasteiger partial charge in [-0.1, -0.05) is 18.2 Å². The van der Waals surface area contributed by atoms with Gasteiger partial charge in [-0.3, -0.25) is 4.79 Å². The first kappa shape index (κ1) is 16.5. The summed E-state index contributed by atoms with van der Waals surface area (Å²) < 4.78 is 38.9. The van der Waals surface area contributed by atoms with Crippen molar-refractivity contribution in [1.29, 1.82) is 0 Å². The van der Waals surface area contributed by atoms with Gasteiger partial charge in [0.15, 0.2) is 18.1 Å². The molecule has 0 spiro atoms. The average Bonchev–Trinajstić information content (AvgIpc) is 2.78. The van der Waals surface area contributed by atoms with Crippen LogP contribution in [0.3, 0.4) is 0 Å². The van der Waals surface area contributed by atoms with Crippen LogP contribution in [0.1, 0.15) is 6.92 Å². The maximum Gasteiger partial charge on any atom is 0.586 e. The van der Waals surface area contributed by atoms with Crippen LogP contribution in [0.5, 0.6) is 11.5 Å². The second-order valence-electron chi connectivity index (χ2n) is 4.37. The van der Waals surface area contributed by atoms with E-state index in [1.54, 1.807) is 19.1 Å². The number of halogens is 2. The number of rotatable bonds is 5. The predicted octanol–water partition coefficient (Wildman–Crippen LogP) is 2.62. The Kier molecular flexibility index (Phi) is 4.95. The van der Waals surface area contributed by atoms with E-state index in [0.29, 0.717) is 0 Å². The van der Waals surface area contributed by atoms with E-state index in [2.05, 4.69) is 14.8 Å². The van der Waals surface area contributed by atoms with Gasteiger partial charge in [0.2, 0.25) is 0 Å². The molecule has 122 valence electrons. The summed E-state index contributed by atoms with van der Waals surface area (Å²) in [4.78, 5) is 22.9. The molecule has 0 saturated carbocycles. The van der Waals surface area contributed by atoms with E-state index < -0.39 is 24.8 Å². The molecule has 1 amide bonds. The topological polar surface area (TPSA) is 73.9 Å². The largest absolute Gasteiger partial charge is 0.586 e. The second kappa shape index (κ2) is 6.91. The Morgan fingerprint density at radius 2 is 2.00 bits per heavy atom. The molecule has 0 radical (unpaired) electrons. The number of amides is 1. The molecule has 0 fully saturated rings. The van der Waals surface area contributed by atoms with E-state index in [-0.39, 0.29) is 17.2 Å². The highest BCUT2D eigenvalue weighted by atomic mass is 19.3. The third-order valence-electron chi connectivity index (χ3n) is 2.57. The van der Waals surface area contributed by atoms with Crippen LogP contribution >= 0.6 is 0 Å². The average molecular weight is 325 g/mol. The Bertz CT molecular complexity index is 670. The van der Waals surface area contributed by atoms with E-state index in [1.807, 2.05) is 0 Å². The number of fused-ring (bicyclic) bond motifs is 1. The van der Waals surface area contributed by atoms with Crippen LogP contribution in [0.15, 0.2) is 42.5 Å². The Morgan fingerprint density at radius 1 is 1.26 bits per heavy atom.